The molecular formula is C13H17N3O3. The smallest absolute Gasteiger partial charge is 0.335 e. The van der Waals surface area contributed by atoms with Crippen LogP contribution in [0.5, 0.6) is 0 Å². The number of nitrogens with zero attached hydrogens (tertiary/aromatic N) is 2. The molecule has 2 N–H and O–H groups in total. The fourth-order valence-corrected chi connectivity index (χ4v) is 1.55. The van der Waals surface area contributed by atoms with Gasteiger partial charge in [0.1, 0.15) is 5.52 Å². The van der Waals surface area contributed by atoms with E-state index < -0.39 is 5.97 Å². The first-order valence-corrected chi connectivity index (χ1v) is 6.01. The molecule has 1 aromatic carbocycles. The van der Waals surface area contributed by atoms with Crippen LogP contribution in [0.15, 0.2) is 22.6 Å². The second-order valence-electron chi connectivity index (χ2n) is 4.70. The monoisotopic (exact) mass is 263 g/mol. The number of hydrogen-bond donors (Lipinski definition) is 2. The summed E-state index contributed by atoms with van der Waals surface area (Å²) >= 11 is 0. The number of carboxylic acids is 1. The number of likely N-dealkylation sites (N-methyl/N-ethyl adjacent to an activating group) is 1. The van der Waals surface area contributed by atoms with Crippen molar-refractivity contribution in [2.45, 2.75) is 13.0 Å². The number of hydrogen-bond acceptors (Lipinski definition) is 5. The number of aromatic carboxylic acids is 1. The lowest BCUT2D eigenvalue weighted by atomic mass is 10.2. The van der Waals surface area contributed by atoms with E-state index in [1.165, 1.54) is 12.1 Å². The Bertz CT molecular complexity index is 592. The average Bonchev–Trinajstić information content (AvgIpc) is 2.77. The fraction of sp³-hybridized carbons (Fsp3) is 0.385. The van der Waals surface area contributed by atoms with E-state index in [4.69, 9.17) is 9.52 Å². The molecule has 102 valence electrons. The minimum Gasteiger partial charge on any atom is -0.478 e. The zero-order chi connectivity index (χ0) is 14.0. The van der Waals surface area contributed by atoms with Crippen molar-refractivity contribution < 1.29 is 14.3 Å². The van der Waals surface area contributed by atoms with Crippen LogP contribution in [0, 0.1) is 0 Å². The zero-order valence-corrected chi connectivity index (χ0v) is 11.2. The summed E-state index contributed by atoms with van der Waals surface area (Å²) in [6, 6.07) is 5.38. The van der Waals surface area contributed by atoms with Crippen molar-refractivity contribution in [3.05, 3.63) is 23.8 Å². The van der Waals surface area contributed by atoms with Gasteiger partial charge in [-0.2, -0.15) is 4.98 Å². The molecule has 2 aromatic rings. The van der Waals surface area contributed by atoms with Gasteiger partial charge in [0.05, 0.1) is 5.56 Å². The van der Waals surface area contributed by atoms with Crippen LogP contribution in [-0.4, -0.2) is 47.6 Å². The third kappa shape index (κ3) is 3.03. The van der Waals surface area contributed by atoms with Crippen LogP contribution in [0.2, 0.25) is 0 Å². The lowest BCUT2D eigenvalue weighted by Crippen LogP contribution is -2.31. The summed E-state index contributed by atoms with van der Waals surface area (Å²) in [5, 5.41) is 12.0. The number of nitrogens with one attached hydrogen (secondary N) is 1. The summed E-state index contributed by atoms with van der Waals surface area (Å²) in [6.07, 6.45) is 0. The molecule has 0 amide bonds. The minimum atomic E-state index is -0.978. The predicted molar refractivity (Wildman–Crippen MR) is 72.6 cm³/mol. The van der Waals surface area contributed by atoms with E-state index in [1.54, 1.807) is 6.07 Å². The number of benzene rings is 1. The summed E-state index contributed by atoms with van der Waals surface area (Å²) in [5.74, 6) is -0.978. The van der Waals surface area contributed by atoms with Crippen molar-refractivity contribution in [2.24, 2.45) is 0 Å². The van der Waals surface area contributed by atoms with Crippen molar-refractivity contribution in [1.82, 2.24) is 9.88 Å². The standard InChI is InChI=1S/C13H17N3O3/c1-8(16(2)3)7-14-13-15-10-5-4-9(12(17)18)6-11(10)19-13/h4-6,8H,7H2,1-3H3,(H,14,15)(H,17,18). The second kappa shape index (κ2) is 5.27. The van der Waals surface area contributed by atoms with Crippen molar-refractivity contribution in [3.8, 4) is 0 Å². The van der Waals surface area contributed by atoms with E-state index in [0.717, 1.165) is 0 Å². The number of carboxylic acid groups (broad SMARTS) is 1. The third-order valence-corrected chi connectivity index (χ3v) is 3.07. The Hall–Kier alpha value is -2.08. The summed E-state index contributed by atoms with van der Waals surface area (Å²) in [4.78, 5) is 17.2. The summed E-state index contributed by atoms with van der Waals surface area (Å²) in [6.45, 7) is 2.78. The van der Waals surface area contributed by atoms with Crippen LogP contribution < -0.4 is 5.32 Å². The van der Waals surface area contributed by atoms with Crippen LogP contribution in [-0.2, 0) is 0 Å². The molecule has 1 unspecified atom stereocenters. The molecule has 6 nitrogen and oxygen atoms in total. The highest BCUT2D eigenvalue weighted by Crippen LogP contribution is 2.20. The van der Waals surface area contributed by atoms with Gasteiger partial charge in [0, 0.05) is 12.6 Å². The van der Waals surface area contributed by atoms with Gasteiger partial charge in [-0.3, -0.25) is 0 Å². The van der Waals surface area contributed by atoms with Crippen LogP contribution >= 0.6 is 0 Å². The first kappa shape index (κ1) is 13.4. The first-order chi connectivity index (χ1) is 8.97. The molecule has 0 aliphatic rings. The highest BCUT2D eigenvalue weighted by molar-refractivity contribution is 5.92. The van der Waals surface area contributed by atoms with Gasteiger partial charge in [0.25, 0.3) is 6.01 Å². The van der Waals surface area contributed by atoms with E-state index in [9.17, 15) is 4.79 Å². The Morgan fingerprint density at radius 1 is 1.53 bits per heavy atom. The van der Waals surface area contributed by atoms with Crippen LogP contribution in [0.3, 0.4) is 0 Å². The van der Waals surface area contributed by atoms with Gasteiger partial charge in [-0.25, -0.2) is 4.79 Å². The van der Waals surface area contributed by atoms with E-state index >= 15 is 0 Å². The summed E-state index contributed by atoms with van der Waals surface area (Å²) in [5.41, 5.74) is 1.31. The van der Waals surface area contributed by atoms with Crippen LogP contribution in [0.4, 0.5) is 6.01 Å². The number of oxazole rings is 1. The number of carbonyl (C=O) groups is 1. The predicted octanol–water partition coefficient (Wildman–Crippen LogP) is 1.89. The molecule has 0 spiro atoms. The fourth-order valence-electron chi connectivity index (χ4n) is 1.55. The maximum atomic E-state index is 10.9. The molecule has 0 aliphatic heterocycles. The molecule has 1 atom stereocenters. The molecule has 0 aliphatic carbocycles. The maximum Gasteiger partial charge on any atom is 0.335 e. The van der Waals surface area contributed by atoms with Crippen molar-refractivity contribution in [2.75, 3.05) is 26.0 Å². The summed E-state index contributed by atoms with van der Waals surface area (Å²) in [7, 11) is 4.00. The van der Waals surface area contributed by atoms with Crippen molar-refractivity contribution >= 4 is 23.1 Å². The molecule has 6 heteroatoms. The maximum absolute atomic E-state index is 10.9. The lowest BCUT2D eigenvalue weighted by molar-refractivity contribution is 0.0697. The van der Waals surface area contributed by atoms with Gasteiger partial charge in [-0.05, 0) is 39.2 Å². The quantitative estimate of drug-likeness (QED) is 0.857. The van der Waals surface area contributed by atoms with Gasteiger partial charge in [-0.15, -0.1) is 0 Å². The average molecular weight is 263 g/mol. The van der Waals surface area contributed by atoms with Gasteiger partial charge in [0.2, 0.25) is 0 Å². The van der Waals surface area contributed by atoms with E-state index in [-0.39, 0.29) is 5.56 Å². The van der Waals surface area contributed by atoms with E-state index in [1.807, 2.05) is 14.1 Å². The Balaban J connectivity index is 2.15. The van der Waals surface area contributed by atoms with Crippen molar-refractivity contribution in [3.63, 3.8) is 0 Å². The number of rotatable bonds is 5. The molecule has 1 aromatic heterocycles. The first-order valence-electron chi connectivity index (χ1n) is 6.01. The number of fused-ring (bicyclic) bond motifs is 1. The van der Waals surface area contributed by atoms with Crippen molar-refractivity contribution in [1.29, 1.82) is 0 Å². The Morgan fingerprint density at radius 3 is 2.89 bits per heavy atom. The summed E-state index contributed by atoms with van der Waals surface area (Å²) < 4.78 is 5.48. The van der Waals surface area contributed by atoms with Gasteiger partial charge in [0.15, 0.2) is 5.58 Å². The SMILES string of the molecule is CC(CNc1nc2ccc(C(=O)O)cc2o1)N(C)C. The van der Waals surface area contributed by atoms with Gasteiger partial charge < -0.3 is 19.7 Å². The van der Waals surface area contributed by atoms with Gasteiger partial charge >= 0.3 is 5.97 Å². The molecule has 2 rings (SSSR count). The molecule has 19 heavy (non-hydrogen) atoms. The van der Waals surface area contributed by atoms with Gasteiger partial charge in [-0.1, -0.05) is 0 Å². The Kier molecular flexibility index (Phi) is 3.71. The molecule has 0 fully saturated rings. The highest BCUT2D eigenvalue weighted by atomic mass is 16.4. The number of aromatic nitrogens is 1. The minimum absolute atomic E-state index is 0.192. The van der Waals surface area contributed by atoms with E-state index in [2.05, 4.69) is 22.1 Å². The lowest BCUT2D eigenvalue weighted by Gasteiger charge is -2.19. The van der Waals surface area contributed by atoms with E-state index in [0.29, 0.717) is 29.7 Å². The zero-order valence-electron chi connectivity index (χ0n) is 11.2. The molecule has 0 saturated heterocycles. The normalized spacial score (nSPS) is 12.8. The highest BCUT2D eigenvalue weighted by Gasteiger charge is 2.11. The number of anilines is 1. The molecule has 0 bridgehead atoms. The second-order valence-corrected chi connectivity index (χ2v) is 4.70. The largest absolute Gasteiger partial charge is 0.478 e. The molecule has 0 saturated carbocycles. The topological polar surface area (TPSA) is 78.6 Å². The Labute approximate surface area is 111 Å². The molecule has 1 heterocycles. The van der Waals surface area contributed by atoms with Crippen LogP contribution in [0.25, 0.3) is 11.1 Å². The van der Waals surface area contributed by atoms with Crippen LogP contribution in [0.1, 0.15) is 17.3 Å². The molecular weight excluding hydrogens is 246 g/mol. The Morgan fingerprint density at radius 2 is 2.26 bits per heavy atom. The third-order valence-electron chi connectivity index (χ3n) is 3.07. The molecule has 0 radical (unpaired) electrons.